The van der Waals surface area contributed by atoms with Gasteiger partial charge in [0.2, 0.25) is 0 Å². The molecule has 102 valence electrons. The maximum Gasteiger partial charge on any atom is 0.134 e. The fourth-order valence-electron chi connectivity index (χ4n) is 1.76. The van der Waals surface area contributed by atoms with Crippen molar-refractivity contribution in [2.45, 2.75) is 19.6 Å². The first-order chi connectivity index (χ1) is 9.10. The van der Waals surface area contributed by atoms with E-state index in [0.717, 1.165) is 17.0 Å². The Labute approximate surface area is 112 Å². The Balaban J connectivity index is 2.17. The van der Waals surface area contributed by atoms with Crippen LogP contribution in [0.2, 0.25) is 0 Å². The second kappa shape index (κ2) is 5.71. The molecule has 0 fully saturated rings. The lowest BCUT2D eigenvalue weighted by molar-refractivity contribution is 0.294. The normalized spacial score (nSPS) is 12.2. The lowest BCUT2D eigenvalue weighted by atomic mass is 10.1. The van der Waals surface area contributed by atoms with Gasteiger partial charge in [0.05, 0.1) is 13.3 Å². The summed E-state index contributed by atoms with van der Waals surface area (Å²) in [6.45, 7) is 2.26. The Hall–Kier alpha value is -2.08. The molecule has 0 bridgehead atoms. The van der Waals surface area contributed by atoms with Crippen molar-refractivity contribution in [3.63, 3.8) is 0 Å². The molecule has 0 aliphatic rings. The molecule has 19 heavy (non-hydrogen) atoms. The Kier molecular flexibility index (Phi) is 4.01. The van der Waals surface area contributed by atoms with E-state index in [1.54, 1.807) is 11.8 Å². The molecule has 0 amide bonds. The highest BCUT2D eigenvalue weighted by Crippen LogP contribution is 2.29. The van der Waals surface area contributed by atoms with E-state index in [0.29, 0.717) is 12.4 Å². The molecule has 2 aromatic rings. The van der Waals surface area contributed by atoms with Crippen LogP contribution in [0, 0.1) is 0 Å². The molecule has 0 aliphatic heterocycles. The van der Waals surface area contributed by atoms with Crippen LogP contribution in [0.5, 0.6) is 11.5 Å². The Morgan fingerprint density at radius 2 is 2.21 bits per heavy atom. The van der Waals surface area contributed by atoms with Crippen LogP contribution >= 0.6 is 0 Å². The van der Waals surface area contributed by atoms with Gasteiger partial charge < -0.3 is 15.2 Å². The van der Waals surface area contributed by atoms with Crippen molar-refractivity contribution < 1.29 is 9.47 Å². The van der Waals surface area contributed by atoms with Gasteiger partial charge in [-0.1, -0.05) is 11.3 Å². The molecular weight excluding hydrogens is 244 g/mol. The number of hydrogen-bond donors (Lipinski definition) is 1. The standard InChI is InChI=1S/C13H18N4O2/c1-9(14)12-5-4-11(18-3)6-13(12)19-8-10-7-17(2)16-15-10/h4-7,9H,8,14H2,1-3H3/t9-/m1/s1. The average molecular weight is 262 g/mol. The summed E-state index contributed by atoms with van der Waals surface area (Å²) in [4.78, 5) is 0. The van der Waals surface area contributed by atoms with Gasteiger partial charge in [0, 0.05) is 24.7 Å². The van der Waals surface area contributed by atoms with Crippen LogP contribution in [0.3, 0.4) is 0 Å². The Morgan fingerprint density at radius 3 is 2.79 bits per heavy atom. The monoisotopic (exact) mass is 262 g/mol. The highest BCUT2D eigenvalue weighted by Gasteiger charge is 2.10. The SMILES string of the molecule is COc1ccc([C@@H](C)N)c(OCc2cn(C)nn2)c1. The summed E-state index contributed by atoms with van der Waals surface area (Å²) >= 11 is 0. The van der Waals surface area contributed by atoms with E-state index in [1.807, 2.05) is 38.4 Å². The zero-order chi connectivity index (χ0) is 13.8. The van der Waals surface area contributed by atoms with Crippen molar-refractivity contribution in [3.8, 4) is 11.5 Å². The van der Waals surface area contributed by atoms with Gasteiger partial charge in [0.15, 0.2) is 0 Å². The van der Waals surface area contributed by atoms with E-state index in [4.69, 9.17) is 15.2 Å². The second-order valence-corrected chi connectivity index (χ2v) is 4.36. The topological polar surface area (TPSA) is 75.2 Å². The Bertz CT molecular complexity index is 551. The minimum Gasteiger partial charge on any atom is -0.497 e. The number of aromatic nitrogens is 3. The number of nitrogens with zero attached hydrogens (tertiary/aromatic N) is 3. The highest BCUT2D eigenvalue weighted by atomic mass is 16.5. The highest BCUT2D eigenvalue weighted by molar-refractivity contribution is 5.42. The molecule has 1 aromatic carbocycles. The van der Waals surface area contributed by atoms with Crippen LogP contribution < -0.4 is 15.2 Å². The van der Waals surface area contributed by atoms with E-state index >= 15 is 0 Å². The van der Waals surface area contributed by atoms with Crippen LogP contribution in [-0.4, -0.2) is 22.1 Å². The average Bonchev–Trinajstić information content (AvgIpc) is 2.81. The zero-order valence-corrected chi connectivity index (χ0v) is 11.3. The first-order valence-electron chi connectivity index (χ1n) is 6.01. The van der Waals surface area contributed by atoms with Crippen LogP contribution in [0.1, 0.15) is 24.2 Å². The number of ether oxygens (including phenoxy) is 2. The van der Waals surface area contributed by atoms with Gasteiger partial charge in [-0.25, -0.2) is 0 Å². The summed E-state index contributed by atoms with van der Waals surface area (Å²) < 4.78 is 12.6. The molecule has 6 nitrogen and oxygen atoms in total. The molecule has 0 spiro atoms. The van der Waals surface area contributed by atoms with Crippen LogP contribution in [0.4, 0.5) is 0 Å². The van der Waals surface area contributed by atoms with Gasteiger partial charge in [-0.3, -0.25) is 4.68 Å². The molecule has 1 aromatic heterocycles. The van der Waals surface area contributed by atoms with Gasteiger partial charge in [-0.2, -0.15) is 0 Å². The molecule has 6 heteroatoms. The zero-order valence-electron chi connectivity index (χ0n) is 11.3. The van der Waals surface area contributed by atoms with Crippen molar-refractivity contribution in [2.24, 2.45) is 12.8 Å². The molecule has 1 atom stereocenters. The van der Waals surface area contributed by atoms with Gasteiger partial charge in [-0.15, -0.1) is 5.10 Å². The largest absolute Gasteiger partial charge is 0.497 e. The van der Waals surface area contributed by atoms with Crippen LogP contribution in [-0.2, 0) is 13.7 Å². The number of aryl methyl sites for hydroxylation is 1. The Morgan fingerprint density at radius 1 is 1.42 bits per heavy atom. The van der Waals surface area contributed by atoms with Crippen LogP contribution in [0.25, 0.3) is 0 Å². The fraction of sp³-hybridized carbons (Fsp3) is 0.385. The lowest BCUT2D eigenvalue weighted by Gasteiger charge is -2.14. The third kappa shape index (κ3) is 3.23. The lowest BCUT2D eigenvalue weighted by Crippen LogP contribution is -2.08. The predicted molar refractivity (Wildman–Crippen MR) is 70.9 cm³/mol. The minimum absolute atomic E-state index is 0.109. The van der Waals surface area contributed by atoms with Crippen molar-refractivity contribution in [1.29, 1.82) is 0 Å². The van der Waals surface area contributed by atoms with E-state index in [-0.39, 0.29) is 6.04 Å². The van der Waals surface area contributed by atoms with E-state index < -0.39 is 0 Å². The van der Waals surface area contributed by atoms with Gasteiger partial charge in [0.1, 0.15) is 23.8 Å². The summed E-state index contributed by atoms with van der Waals surface area (Å²) in [7, 11) is 3.43. The summed E-state index contributed by atoms with van der Waals surface area (Å²) in [5.74, 6) is 1.44. The molecule has 0 aliphatic carbocycles. The summed E-state index contributed by atoms with van der Waals surface area (Å²) in [6.07, 6.45) is 1.81. The quantitative estimate of drug-likeness (QED) is 0.882. The third-order valence-electron chi connectivity index (χ3n) is 2.74. The summed E-state index contributed by atoms with van der Waals surface area (Å²) in [5.41, 5.74) is 7.63. The maximum atomic E-state index is 5.93. The molecule has 0 radical (unpaired) electrons. The van der Waals surface area contributed by atoms with Crippen molar-refractivity contribution in [2.75, 3.05) is 7.11 Å². The maximum absolute atomic E-state index is 5.93. The summed E-state index contributed by atoms with van der Waals surface area (Å²) in [6, 6.07) is 5.50. The number of methoxy groups -OCH3 is 1. The molecule has 0 saturated carbocycles. The first-order valence-corrected chi connectivity index (χ1v) is 6.01. The van der Waals surface area contributed by atoms with Gasteiger partial charge in [0.25, 0.3) is 0 Å². The molecule has 1 heterocycles. The molecule has 0 saturated heterocycles. The smallest absolute Gasteiger partial charge is 0.134 e. The number of rotatable bonds is 5. The molecular formula is C13H18N4O2. The number of nitrogens with two attached hydrogens (primary N) is 1. The molecule has 2 N–H and O–H groups in total. The number of hydrogen-bond acceptors (Lipinski definition) is 5. The summed E-state index contributed by atoms with van der Waals surface area (Å²) in [5, 5.41) is 7.83. The predicted octanol–water partition coefficient (Wildman–Crippen LogP) is 1.42. The number of benzene rings is 1. The van der Waals surface area contributed by atoms with Crippen molar-refractivity contribution >= 4 is 0 Å². The fourth-order valence-corrected chi connectivity index (χ4v) is 1.76. The third-order valence-corrected chi connectivity index (χ3v) is 2.74. The van der Waals surface area contributed by atoms with Crippen molar-refractivity contribution in [1.82, 2.24) is 15.0 Å². The van der Waals surface area contributed by atoms with Gasteiger partial charge >= 0.3 is 0 Å². The van der Waals surface area contributed by atoms with E-state index in [2.05, 4.69) is 10.3 Å². The van der Waals surface area contributed by atoms with Gasteiger partial charge in [-0.05, 0) is 13.0 Å². The molecule has 2 rings (SSSR count). The minimum atomic E-state index is -0.109. The van der Waals surface area contributed by atoms with Crippen LogP contribution in [0.15, 0.2) is 24.4 Å². The molecule has 0 unspecified atom stereocenters. The van der Waals surface area contributed by atoms with Crippen molar-refractivity contribution in [3.05, 3.63) is 35.7 Å². The first kappa shape index (κ1) is 13.4. The van der Waals surface area contributed by atoms with E-state index in [1.165, 1.54) is 0 Å². The van der Waals surface area contributed by atoms with E-state index in [9.17, 15) is 0 Å². The second-order valence-electron chi connectivity index (χ2n) is 4.36.